The molecule has 1 atom stereocenters. The standard InChI is InChI=1S/C9H17Br/c1-7(2)9(10)8-5-3-4-6-8/h7-9H,3-6H2,1-2H3. The minimum Gasteiger partial charge on any atom is -0.0885 e. The van der Waals surface area contributed by atoms with Gasteiger partial charge < -0.3 is 0 Å². The van der Waals surface area contributed by atoms with Gasteiger partial charge in [-0.2, -0.15) is 0 Å². The summed E-state index contributed by atoms with van der Waals surface area (Å²) in [6.07, 6.45) is 5.82. The molecule has 0 spiro atoms. The highest BCUT2D eigenvalue weighted by Crippen LogP contribution is 2.34. The van der Waals surface area contributed by atoms with Crippen LogP contribution in [0.4, 0.5) is 0 Å². The lowest BCUT2D eigenvalue weighted by molar-refractivity contribution is 0.443. The molecule has 0 saturated heterocycles. The molecule has 0 radical (unpaired) electrons. The molecule has 0 nitrogen and oxygen atoms in total. The van der Waals surface area contributed by atoms with E-state index >= 15 is 0 Å². The van der Waals surface area contributed by atoms with E-state index in [4.69, 9.17) is 0 Å². The van der Waals surface area contributed by atoms with Gasteiger partial charge in [-0.1, -0.05) is 42.6 Å². The molecule has 1 heteroatoms. The lowest BCUT2D eigenvalue weighted by atomic mass is 9.96. The fraction of sp³-hybridized carbons (Fsp3) is 1.00. The molecular weight excluding hydrogens is 188 g/mol. The molecular formula is C9H17Br. The highest BCUT2D eigenvalue weighted by molar-refractivity contribution is 9.09. The average molecular weight is 205 g/mol. The van der Waals surface area contributed by atoms with Crippen molar-refractivity contribution in [1.29, 1.82) is 0 Å². The summed E-state index contributed by atoms with van der Waals surface area (Å²) >= 11 is 3.77. The zero-order valence-corrected chi connectivity index (χ0v) is 8.52. The van der Waals surface area contributed by atoms with Crippen LogP contribution >= 0.6 is 15.9 Å². The van der Waals surface area contributed by atoms with Gasteiger partial charge in [0.2, 0.25) is 0 Å². The molecule has 1 rings (SSSR count). The SMILES string of the molecule is CC(C)C(Br)C1CCCC1. The van der Waals surface area contributed by atoms with E-state index in [-0.39, 0.29) is 0 Å². The van der Waals surface area contributed by atoms with E-state index in [1.54, 1.807) is 0 Å². The van der Waals surface area contributed by atoms with Crippen molar-refractivity contribution in [3.8, 4) is 0 Å². The Morgan fingerprint density at radius 1 is 1.20 bits per heavy atom. The van der Waals surface area contributed by atoms with E-state index in [1.807, 2.05) is 0 Å². The molecule has 0 aliphatic heterocycles. The van der Waals surface area contributed by atoms with E-state index in [1.165, 1.54) is 25.7 Å². The summed E-state index contributed by atoms with van der Waals surface area (Å²) in [7, 11) is 0. The van der Waals surface area contributed by atoms with E-state index in [0.29, 0.717) is 0 Å². The van der Waals surface area contributed by atoms with E-state index in [0.717, 1.165) is 16.7 Å². The van der Waals surface area contributed by atoms with Gasteiger partial charge in [-0.15, -0.1) is 0 Å². The Labute approximate surface area is 72.5 Å². The van der Waals surface area contributed by atoms with Crippen LogP contribution in [0.3, 0.4) is 0 Å². The Kier molecular flexibility index (Phi) is 3.22. The smallest absolute Gasteiger partial charge is 0.0197 e. The molecule has 10 heavy (non-hydrogen) atoms. The van der Waals surface area contributed by atoms with Gasteiger partial charge in [-0.05, 0) is 24.7 Å². The zero-order valence-electron chi connectivity index (χ0n) is 6.94. The Morgan fingerprint density at radius 3 is 2.10 bits per heavy atom. The predicted molar refractivity (Wildman–Crippen MR) is 49.5 cm³/mol. The summed E-state index contributed by atoms with van der Waals surface area (Å²) in [5.74, 6) is 1.78. The second-order valence-electron chi connectivity index (χ2n) is 3.73. The first-order chi connectivity index (χ1) is 4.72. The van der Waals surface area contributed by atoms with Crippen molar-refractivity contribution < 1.29 is 0 Å². The molecule has 0 N–H and O–H groups in total. The van der Waals surface area contributed by atoms with Gasteiger partial charge in [-0.3, -0.25) is 0 Å². The van der Waals surface area contributed by atoms with Gasteiger partial charge in [0.1, 0.15) is 0 Å². The van der Waals surface area contributed by atoms with Crippen LogP contribution in [0.5, 0.6) is 0 Å². The number of rotatable bonds is 2. The molecule has 0 aromatic rings. The van der Waals surface area contributed by atoms with Crippen LogP contribution < -0.4 is 0 Å². The monoisotopic (exact) mass is 204 g/mol. The normalized spacial score (nSPS) is 24.0. The van der Waals surface area contributed by atoms with Crippen molar-refractivity contribution in [3.63, 3.8) is 0 Å². The summed E-state index contributed by atoms with van der Waals surface area (Å²) < 4.78 is 0. The van der Waals surface area contributed by atoms with E-state index in [9.17, 15) is 0 Å². The highest BCUT2D eigenvalue weighted by Gasteiger charge is 2.24. The topological polar surface area (TPSA) is 0 Å². The Morgan fingerprint density at radius 2 is 1.70 bits per heavy atom. The minimum absolute atomic E-state index is 0.773. The first-order valence-electron chi connectivity index (χ1n) is 4.36. The Balaban J connectivity index is 2.32. The number of alkyl halides is 1. The van der Waals surface area contributed by atoms with Crippen molar-refractivity contribution >= 4 is 15.9 Å². The third-order valence-corrected chi connectivity index (χ3v) is 4.29. The predicted octanol–water partition coefficient (Wildman–Crippen LogP) is 3.60. The highest BCUT2D eigenvalue weighted by atomic mass is 79.9. The zero-order chi connectivity index (χ0) is 7.56. The second-order valence-corrected chi connectivity index (χ2v) is 4.79. The molecule has 0 heterocycles. The third-order valence-electron chi connectivity index (χ3n) is 2.49. The van der Waals surface area contributed by atoms with Gasteiger partial charge in [0.25, 0.3) is 0 Å². The lowest BCUT2D eigenvalue weighted by Gasteiger charge is -2.20. The van der Waals surface area contributed by atoms with Gasteiger partial charge in [-0.25, -0.2) is 0 Å². The van der Waals surface area contributed by atoms with Gasteiger partial charge >= 0.3 is 0 Å². The van der Waals surface area contributed by atoms with Crippen molar-refractivity contribution in [2.24, 2.45) is 11.8 Å². The van der Waals surface area contributed by atoms with Gasteiger partial charge in [0.15, 0.2) is 0 Å². The first-order valence-corrected chi connectivity index (χ1v) is 5.27. The van der Waals surface area contributed by atoms with Crippen molar-refractivity contribution in [2.45, 2.75) is 44.4 Å². The number of hydrogen-bond acceptors (Lipinski definition) is 0. The van der Waals surface area contributed by atoms with Crippen LogP contribution in [0.25, 0.3) is 0 Å². The molecule has 1 aliphatic carbocycles. The van der Waals surface area contributed by atoms with E-state index < -0.39 is 0 Å². The van der Waals surface area contributed by atoms with Crippen LogP contribution in [-0.4, -0.2) is 4.83 Å². The maximum Gasteiger partial charge on any atom is 0.0197 e. The minimum atomic E-state index is 0.773. The fourth-order valence-corrected chi connectivity index (χ4v) is 2.35. The average Bonchev–Trinajstić information content (AvgIpc) is 2.36. The molecule has 0 bridgehead atoms. The molecule has 0 aromatic heterocycles. The molecule has 1 unspecified atom stereocenters. The molecule has 1 fully saturated rings. The number of halogens is 1. The van der Waals surface area contributed by atoms with Gasteiger partial charge in [0, 0.05) is 4.83 Å². The largest absolute Gasteiger partial charge is 0.0885 e. The summed E-state index contributed by atoms with van der Waals surface area (Å²) in [6.45, 7) is 4.61. The number of hydrogen-bond donors (Lipinski definition) is 0. The Bertz CT molecular complexity index is 92.9. The van der Waals surface area contributed by atoms with Crippen molar-refractivity contribution in [3.05, 3.63) is 0 Å². The van der Waals surface area contributed by atoms with Crippen LogP contribution in [0.1, 0.15) is 39.5 Å². The quantitative estimate of drug-likeness (QED) is 0.604. The molecule has 60 valence electrons. The molecule has 0 amide bonds. The Hall–Kier alpha value is 0.480. The van der Waals surface area contributed by atoms with Gasteiger partial charge in [0.05, 0.1) is 0 Å². The lowest BCUT2D eigenvalue weighted by Crippen LogP contribution is -2.16. The molecule has 1 aliphatic rings. The summed E-state index contributed by atoms with van der Waals surface area (Å²) in [5.41, 5.74) is 0. The maximum absolute atomic E-state index is 3.77. The van der Waals surface area contributed by atoms with Crippen LogP contribution in [0.15, 0.2) is 0 Å². The van der Waals surface area contributed by atoms with Crippen molar-refractivity contribution in [1.82, 2.24) is 0 Å². The summed E-state index contributed by atoms with van der Waals surface area (Å²) in [4.78, 5) is 0.773. The maximum atomic E-state index is 3.77. The summed E-state index contributed by atoms with van der Waals surface area (Å²) in [6, 6.07) is 0. The third kappa shape index (κ3) is 1.98. The molecule has 1 saturated carbocycles. The second kappa shape index (κ2) is 3.75. The van der Waals surface area contributed by atoms with Crippen LogP contribution in [-0.2, 0) is 0 Å². The summed E-state index contributed by atoms with van der Waals surface area (Å²) in [5, 5.41) is 0. The van der Waals surface area contributed by atoms with E-state index in [2.05, 4.69) is 29.8 Å². The fourth-order valence-electron chi connectivity index (χ4n) is 1.82. The van der Waals surface area contributed by atoms with Crippen LogP contribution in [0, 0.1) is 11.8 Å². The van der Waals surface area contributed by atoms with Crippen LogP contribution in [0.2, 0.25) is 0 Å². The molecule has 0 aromatic carbocycles. The van der Waals surface area contributed by atoms with Crippen molar-refractivity contribution in [2.75, 3.05) is 0 Å². The first kappa shape index (κ1) is 8.58.